The summed E-state index contributed by atoms with van der Waals surface area (Å²) in [6, 6.07) is 0.313. The summed E-state index contributed by atoms with van der Waals surface area (Å²) in [5.41, 5.74) is 2.12. The molecule has 0 amide bonds. The van der Waals surface area contributed by atoms with E-state index in [4.69, 9.17) is 0 Å². The van der Waals surface area contributed by atoms with E-state index in [0.717, 1.165) is 22.9 Å². The minimum Gasteiger partial charge on any atom is -0.304 e. The van der Waals surface area contributed by atoms with Crippen molar-refractivity contribution in [2.75, 3.05) is 0 Å². The van der Waals surface area contributed by atoms with Crippen LogP contribution in [0.3, 0.4) is 0 Å². The molecule has 0 spiro atoms. The van der Waals surface area contributed by atoms with Crippen LogP contribution in [0.4, 0.5) is 0 Å². The van der Waals surface area contributed by atoms with Gasteiger partial charge in [0.1, 0.15) is 0 Å². The smallest absolute Gasteiger partial charge is 0.0900 e. The minimum absolute atomic E-state index is 0.313. The first-order valence-corrected chi connectivity index (χ1v) is 6.75. The first-order valence-electron chi connectivity index (χ1n) is 5.10. The zero-order valence-electron chi connectivity index (χ0n) is 9.52. The number of thiazole rings is 1. The largest absolute Gasteiger partial charge is 0.304 e. The van der Waals surface area contributed by atoms with Crippen molar-refractivity contribution in [3.05, 3.63) is 26.7 Å². The van der Waals surface area contributed by atoms with E-state index in [1.807, 2.05) is 12.3 Å². The number of aromatic nitrogens is 3. The van der Waals surface area contributed by atoms with Crippen LogP contribution in [0.1, 0.15) is 34.2 Å². The van der Waals surface area contributed by atoms with Gasteiger partial charge in [-0.1, -0.05) is 4.49 Å². The zero-order valence-corrected chi connectivity index (χ0v) is 11.2. The molecule has 4 nitrogen and oxygen atoms in total. The first-order chi connectivity index (χ1) is 7.66. The van der Waals surface area contributed by atoms with Gasteiger partial charge in [-0.05, 0) is 32.3 Å². The third-order valence-electron chi connectivity index (χ3n) is 2.33. The molecule has 1 atom stereocenters. The molecule has 6 heteroatoms. The summed E-state index contributed by atoms with van der Waals surface area (Å²) in [4.78, 5) is 5.74. The maximum absolute atomic E-state index is 4.43. The molecule has 0 fully saturated rings. The average molecular weight is 254 g/mol. The van der Waals surface area contributed by atoms with Gasteiger partial charge in [0.15, 0.2) is 0 Å². The van der Waals surface area contributed by atoms with Gasteiger partial charge in [-0.25, -0.2) is 4.98 Å². The van der Waals surface area contributed by atoms with Gasteiger partial charge in [-0.15, -0.1) is 16.4 Å². The van der Waals surface area contributed by atoms with Crippen LogP contribution in [0.5, 0.6) is 0 Å². The Morgan fingerprint density at radius 2 is 2.25 bits per heavy atom. The second kappa shape index (κ2) is 4.99. The fraction of sp³-hybridized carbons (Fsp3) is 0.500. The Balaban J connectivity index is 1.98. The fourth-order valence-corrected chi connectivity index (χ4v) is 2.97. The number of nitrogens with zero attached hydrogens (tertiary/aromatic N) is 3. The maximum Gasteiger partial charge on any atom is 0.0900 e. The number of rotatable bonds is 4. The van der Waals surface area contributed by atoms with Crippen molar-refractivity contribution >= 4 is 22.9 Å². The van der Waals surface area contributed by atoms with Gasteiger partial charge >= 0.3 is 0 Å². The summed E-state index contributed by atoms with van der Waals surface area (Å²) >= 11 is 3.14. The van der Waals surface area contributed by atoms with E-state index in [0.29, 0.717) is 6.04 Å². The molecule has 16 heavy (non-hydrogen) atoms. The van der Waals surface area contributed by atoms with Gasteiger partial charge in [0, 0.05) is 22.8 Å². The molecule has 1 unspecified atom stereocenters. The predicted octanol–water partition coefficient (Wildman–Crippen LogP) is 2.46. The van der Waals surface area contributed by atoms with Crippen molar-refractivity contribution in [2.24, 2.45) is 0 Å². The lowest BCUT2D eigenvalue weighted by molar-refractivity contribution is 0.571. The third-order valence-corrected chi connectivity index (χ3v) is 4.14. The lowest BCUT2D eigenvalue weighted by Crippen LogP contribution is -2.18. The summed E-state index contributed by atoms with van der Waals surface area (Å²) < 4.78 is 3.84. The van der Waals surface area contributed by atoms with E-state index in [-0.39, 0.29) is 0 Å². The van der Waals surface area contributed by atoms with E-state index in [2.05, 4.69) is 33.7 Å². The standard InChI is InChI=1S/C10H14N4S2/c1-6(10-7(2)12-8(3)16-10)11-4-9-5-15-14-13-9/h5-6,11H,4H2,1-3H3. The summed E-state index contributed by atoms with van der Waals surface area (Å²) in [5, 5.41) is 10.5. The summed E-state index contributed by atoms with van der Waals surface area (Å²) in [7, 11) is 0. The highest BCUT2D eigenvalue weighted by atomic mass is 32.1. The van der Waals surface area contributed by atoms with E-state index in [1.165, 1.54) is 16.4 Å². The summed E-state index contributed by atoms with van der Waals surface area (Å²) in [6.07, 6.45) is 0. The molecule has 2 aromatic heterocycles. The number of nitrogens with one attached hydrogen (secondary N) is 1. The predicted molar refractivity (Wildman–Crippen MR) is 66.8 cm³/mol. The molecule has 2 rings (SSSR count). The molecule has 0 aliphatic carbocycles. The third kappa shape index (κ3) is 2.63. The Hall–Kier alpha value is -0.850. The van der Waals surface area contributed by atoms with Gasteiger partial charge in [-0.2, -0.15) is 0 Å². The SMILES string of the molecule is Cc1nc(C)c(C(C)NCc2csnn2)s1. The molecule has 1 N–H and O–H groups in total. The van der Waals surface area contributed by atoms with Crippen molar-refractivity contribution in [3.8, 4) is 0 Å². The van der Waals surface area contributed by atoms with Crippen LogP contribution < -0.4 is 5.32 Å². The summed E-state index contributed by atoms with van der Waals surface area (Å²) in [5.74, 6) is 0. The second-order valence-electron chi connectivity index (χ2n) is 3.68. The van der Waals surface area contributed by atoms with E-state index in [9.17, 15) is 0 Å². The lowest BCUT2D eigenvalue weighted by Gasteiger charge is -2.11. The van der Waals surface area contributed by atoms with Crippen molar-refractivity contribution < 1.29 is 0 Å². The van der Waals surface area contributed by atoms with Crippen LogP contribution in [-0.4, -0.2) is 14.6 Å². The van der Waals surface area contributed by atoms with Gasteiger partial charge < -0.3 is 5.32 Å². The Kier molecular flexibility index (Phi) is 3.63. The molecule has 0 bridgehead atoms. The van der Waals surface area contributed by atoms with Gasteiger partial charge in [0.05, 0.1) is 16.4 Å². The molecule has 2 aromatic rings. The van der Waals surface area contributed by atoms with Crippen LogP contribution >= 0.6 is 22.9 Å². The van der Waals surface area contributed by atoms with Crippen molar-refractivity contribution in [1.82, 2.24) is 19.9 Å². The van der Waals surface area contributed by atoms with E-state index >= 15 is 0 Å². The molecule has 0 aliphatic rings. The molecule has 0 aromatic carbocycles. The maximum atomic E-state index is 4.43. The van der Waals surface area contributed by atoms with E-state index < -0.39 is 0 Å². The normalized spacial score (nSPS) is 12.9. The van der Waals surface area contributed by atoms with Crippen LogP contribution in [-0.2, 0) is 6.54 Å². The zero-order chi connectivity index (χ0) is 11.5. The Bertz CT molecular complexity index is 449. The van der Waals surface area contributed by atoms with Crippen LogP contribution in [0.2, 0.25) is 0 Å². The molecule has 2 heterocycles. The monoisotopic (exact) mass is 254 g/mol. The Labute approximate surface area is 103 Å². The number of hydrogen-bond acceptors (Lipinski definition) is 6. The van der Waals surface area contributed by atoms with Gasteiger partial charge in [-0.3, -0.25) is 0 Å². The first kappa shape index (κ1) is 11.6. The quantitative estimate of drug-likeness (QED) is 0.910. The minimum atomic E-state index is 0.313. The van der Waals surface area contributed by atoms with E-state index in [1.54, 1.807) is 11.3 Å². The number of aryl methyl sites for hydroxylation is 2. The average Bonchev–Trinajstić information content (AvgIpc) is 2.84. The van der Waals surface area contributed by atoms with Crippen molar-refractivity contribution in [3.63, 3.8) is 0 Å². The highest BCUT2D eigenvalue weighted by molar-refractivity contribution is 7.11. The molecule has 0 radical (unpaired) electrons. The molecular formula is C10H14N4S2. The molecule has 0 saturated carbocycles. The second-order valence-corrected chi connectivity index (χ2v) is 5.53. The Morgan fingerprint density at radius 1 is 1.44 bits per heavy atom. The number of hydrogen-bond donors (Lipinski definition) is 1. The highest BCUT2D eigenvalue weighted by Crippen LogP contribution is 2.24. The Morgan fingerprint density at radius 3 is 2.81 bits per heavy atom. The lowest BCUT2D eigenvalue weighted by atomic mass is 10.2. The van der Waals surface area contributed by atoms with Gasteiger partial charge in [0.2, 0.25) is 0 Å². The molecule has 0 saturated heterocycles. The highest BCUT2D eigenvalue weighted by Gasteiger charge is 2.12. The molecule has 86 valence electrons. The topological polar surface area (TPSA) is 50.7 Å². The summed E-state index contributed by atoms with van der Waals surface area (Å²) in [6.45, 7) is 7.01. The molecular weight excluding hydrogens is 240 g/mol. The van der Waals surface area contributed by atoms with Crippen LogP contribution in [0, 0.1) is 13.8 Å². The van der Waals surface area contributed by atoms with Crippen molar-refractivity contribution in [1.29, 1.82) is 0 Å². The van der Waals surface area contributed by atoms with Crippen molar-refractivity contribution in [2.45, 2.75) is 33.4 Å². The van der Waals surface area contributed by atoms with Gasteiger partial charge in [0.25, 0.3) is 0 Å². The molecule has 0 aliphatic heterocycles. The van der Waals surface area contributed by atoms with Crippen LogP contribution in [0.25, 0.3) is 0 Å². The van der Waals surface area contributed by atoms with Crippen LogP contribution in [0.15, 0.2) is 5.38 Å². The fourth-order valence-electron chi connectivity index (χ4n) is 1.56.